The number of nitrogens with one attached hydrogen (secondary N) is 2. The summed E-state index contributed by atoms with van der Waals surface area (Å²) in [6.45, 7) is 4.67. The van der Waals surface area contributed by atoms with Gasteiger partial charge in [-0.25, -0.2) is 9.97 Å². The third-order valence-electron chi connectivity index (χ3n) is 2.10. The lowest BCUT2D eigenvalue weighted by Crippen LogP contribution is -2.04. The largest absolute Gasteiger partial charge is 0.363 e. The number of anilines is 1. The van der Waals surface area contributed by atoms with Gasteiger partial charge >= 0.3 is 0 Å². The molecule has 0 amide bonds. The van der Waals surface area contributed by atoms with Crippen molar-refractivity contribution in [3.63, 3.8) is 0 Å². The predicted octanol–water partition coefficient (Wildman–Crippen LogP) is 0.725. The van der Waals surface area contributed by atoms with Gasteiger partial charge in [-0.3, -0.25) is 0 Å². The van der Waals surface area contributed by atoms with Crippen LogP contribution in [0.25, 0.3) is 0 Å². The average Bonchev–Trinajstić information content (AvgIpc) is 2.79. The zero-order valence-electron chi connectivity index (χ0n) is 9.18. The summed E-state index contributed by atoms with van der Waals surface area (Å²) in [7, 11) is 0. The normalized spacial score (nSPS) is 10.7. The molecule has 0 spiro atoms. The molecule has 2 aromatic heterocycles. The van der Waals surface area contributed by atoms with Gasteiger partial charge in [0.15, 0.2) is 5.82 Å². The molecule has 0 fully saturated rings. The van der Waals surface area contributed by atoms with E-state index in [0.717, 1.165) is 11.5 Å². The Hall–Kier alpha value is -2.05. The molecule has 2 rings (SSSR count). The summed E-state index contributed by atoms with van der Waals surface area (Å²) < 4.78 is 0. The number of tetrazole rings is 1. The smallest absolute Gasteiger partial charge is 0.193 e. The highest BCUT2D eigenvalue weighted by Crippen LogP contribution is 2.13. The van der Waals surface area contributed by atoms with E-state index in [0.29, 0.717) is 18.3 Å². The number of rotatable bonds is 4. The minimum absolute atomic E-state index is 0.383. The van der Waals surface area contributed by atoms with Crippen LogP contribution in [0.3, 0.4) is 0 Å². The zero-order valence-corrected chi connectivity index (χ0v) is 9.18. The molecule has 7 nitrogen and oxygen atoms in total. The van der Waals surface area contributed by atoms with E-state index in [2.05, 4.69) is 49.8 Å². The number of nitrogens with zero attached hydrogens (tertiary/aromatic N) is 5. The molecule has 0 aliphatic rings. The van der Waals surface area contributed by atoms with Gasteiger partial charge in [-0.2, -0.15) is 5.21 Å². The summed E-state index contributed by atoms with van der Waals surface area (Å²) in [6, 6.07) is 1.92. The average molecular weight is 219 g/mol. The standard InChI is InChI=1S/C9H13N7/c1-6(2)7-3-8(12-5-11-7)10-4-9-13-15-16-14-9/h3,5-6H,4H2,1-2H3,(H,10,11,12)(H,13,14,15,16). The van der Waals surface area contributed by atoms with Crippen molar-refractivity contribution in [2.45, 2.75) is 26.3 Å². The fourth-order valence-corrected chi connectivity index (χ4v) is 1.21. The molecule has 0 aliphatic heterocycles. The number of aromatic nitrogens is 6. The van der Waals surface area contributed by atoms with Crippen molar-refractivity contribution in [3.05, 3.63) is 23.9 Å². The van der Waals surface area contributed by atoms with Crippen LogP contribution in [-0.4, -0.2) is 30.6 Å². The minimum atomic E-state index is 0.383. The highest BCUT2D eigenvalue weighted by Gasteiger charge is 2.03. The zero-order chi connectivity index (χ0) is 11.4. The molecule has 0 radical (unpaired) electrons. The molecule has 16 heavy (non-hydrogen) atoms. The maximum atomic E-state index is 4.18. The predicted molar refractivity (Wildman–Crippen MR) is 57.6 cm³/mol. The summed E-state index contributed by atoms with van der Waals surface area (Å²) in [5, 5.41) is 16.6. The molecule has 2 heterocycles. The molecule has 84 valence electrons. The molecular formula is C9H13N7. The molecular weight excluding hydrogens is 206 g/mol. The Morgan fingerprint density at radius 2 is 2.25 bits per heavy atom. The monoisotopic (exact) mass is 219 g/mol. The van der Waals surface area contributed by atoms with Gasteiger partial charge in [-0.15, -0.1) is 10.2 Å². The van der Waals surface area contributed by atoms with Crippen LogP contribution in [0.1, 0.15) is 31.3 Å². The van der Waals surface area contributed by atoms with Crippen molar-refractivity contribution in [3.8, 4) is 0 Å². The van der Waals surface area contributed by atoms with Gasteiger partial charge in [-0.05, 0) is 5.92 Å². The van der Waals surface area contributed by atoms with E-state index in [1.54, 1.807) is 6.33 Å². The highest BCUT2D eigenvalue weighted by molar-refractivity contribution is 5.35. The summed E-state index contributed by atoms with van der Waals surface area (Å²) >= 11 is 0. The van der Waals surface area contributed by atoms with Crippen LogP contribution in [0.2, 0.25) is 0 Å². The van der Waals surface area contributed by atoms with Crippen LogP contribution in [0.15, 0.2) is 12.4 Å². The Balaban J connectivity index is 2.01. The van der Waals surface area contributed by atoms with E-state index in [1.807, 2.05) is 6.07 Å². The van der Waals surface area contributed by atoms with Crippen LogP contribution in [0.5, 0.6) is 0 Å². The van der Waals surface area contributed by atoms with Crippen LogP contribution in [-0.2, 0) is 6.54 Å². The van der Waals surface area contributed by atoms with E-state index < -0.39 is 0 Å². The van der Waals surface area contributed by atoms with Gasteiger partial charge in [0.1, 0.15) is 12.1 Å². The molecule has 2 N–H and O–H groups in total. The Bertz CT molecular complexity index is 437. The Kier molecular flexibility index (Phi) is 3.04. The molecule has 0 unspecified atom stereocenters. The van der Waals surface area contributed by atoms with Gasteiger partial charge in [0.25, 0.3) is 0 Å². The van der Waals surface area contributed by atoms with E-state index in [-0.39, 0.29) is 0 Å². The van der Waals surface area contributed by atoms with Crippen molar-refractivity contribution in [1.29, 1.82) is 0 Å². The van der Waals surface area contributed by atoms with Gasteiger partial charge in [-0.1, -0.05) is 19.1 Å². The first-order chi connectivity index (χ1) is 7.75. The van der Waals surface area contributed by atoms with Crippen LogP contribution in [0, 0.1) is 0 Å². The van der Waals surface area contributed by atoms with Crippen molar-refractivity contribution >= 4 is 5.82 Å². The maximum Gasteiger partial charge on any atom is 0.193 e. The molecule has 0 aliphatic carbocycles. The van der Waals surface area contributed by atoms with E-state index in [4.69, 9.17) is 0 Å². The first-order valence-electron chi connectivity index (χ1n) is 5.04. The lowest BCUT2D eigenvalue weighted by molar-refractivity contribution is 0.813. The van der Waals surface area contributed by atoms with Crippen molar-refractivity contribution < 1.29 is 0 Å². The third-order valence-corrected chi connectivity index (χ3v) is 2.10. The number of aromatic amines is 1. The van der Waals surface area contributed by atoms with Crippen LogP contribution >= 0.6 is 0 Å². The minimum Gasteiger partial charge on any atom is -0.363 e. The lowest BCUT2D eigenvalue weighted by Gasteiger charge is -2.06. The Morgan fingerprint density at radius 1 is 1.38 bits per heavy atom. The molecule has 0 aromatic carbocycles. The van der Waals surface area contributed by atoms with Crippen LogP contribution < -0.4 is 5.32 Å². The molecule has 7 heteroatoms. The van der Waals surface area contributed by atoms with E-state index >= 15 is 0 Å². The molecule has 0 saturated heterocycles. The van der Waals surface area contributed by atoms with Gasteiger partial charge in [0.05, 0.1) is 6.54 Å². The lowest BCUT2D eigenvalue weighted by atomic mass is 10.1. The second-order valence-corrected chi connectivity index (χ2v) is 3.66. The molecule has 2 aromatic rings. The summed E-state index contributed by atoms with van der Waals surface area (Å²) in [5.41, 5.74) is 1.01. The molecule has 0 atom stereocenters. The van der Waals surface area contributed by atoms with Crippen LogP contribution in [0.4, 0.5) is 5.82 Å². The second-order valence-electron chi connectivity index (χ2n) is 3.66. The van der Waals surface area contributed by atoms with Gasteiger partial charge in [0.2, 0.25) is 0 Å². The van der Waals surface area contributed by atoms with Gasteiger partial charge in [0, 0.05) is 11.8 Å². The fraction of sp³-hybridized carbons (Fsp3) is 0.444. The molecule has 0 saturated carbocycles. The summed E-state index contributed by atoms with van der Waals surface area (Å²) in [4.78, 5) is 8.30. The fourth-order valence-electron chi connectivity index (χ4n) is 1.21. The van der Waals surface area contributed by atoms with E-state index in [1.165, 1.54) is 0 Å². The number of hydrogen-bond acceptors (Lipinski definition) is 6. The van der Waals surface area contributed by atoms with Gasteiger partial charge < -0.3 is 5.32 Å². The quantitative estimate of drug-likeness (QED) is 0.787. The first-order valence-corrected chi connectivity index (χ1v) is 5.04. The van der Waals surface area contributed by atoms with E-state index in [9.17, 15) is 0 Å². The summed E-state index contributed by atoms with van der Waals surface area (Å²) in [5.74, 6) is 1.75. The molecule has 0 bridgehead atoms. The Labute approximate surface area is 92.7 Å². The number of hydrogen-bond donors (Lipinski definition) is 2. The maximum absolute atomic E-state index is 4.18. The van der Waals surface area contributed by atoms with Crippen molar-refractivity contribution in [2.75, 3.05) is 5.32 Å². The summed E-state index contributed by atoms with van der Waals surface area (Å²) in [6.07, 6.45) is 1.55. The Morgan fingerprint density at radius 3 is 2.94 bits per heavy atom. The first kappa shape index (κ1) is 10.5. The van der Waals surface area contributed by atoms with Crippen molar-refractivity contribution in [1.82, 2.24) is 30.6 Å². The topological polar surface area (TPSA) is 92.3 Å². The van der Waals surface area contributed by atoms with Crippen molar-refractivity contribution in [2.24, 2.45) is 0 Å². The second kappa shape index (κ2) is 4.65. The SMILES string of the molecule is CC(C)c1cc(NCc2nn[nH]n2)ncn1. The highest BCUT2D eigenvalue weighted by atomic mass is 15.5. The third kappa shape index (κ3) is 2.50. The number of H-pyrrole nitrogens is 1.